The van der Waals surface area contributed by atoms with Crippen LogP contribution in [-0.2, 0) is 19.4 Å². The second kappa shape index (κ2) is 13.4. The van der Waals surface area contributed by atoms with Crippen molar-refractivity contribution in [1.82, 2.24) is 4.98 Å². The first-order valence-electron chi connectivity index (χ1n) is 14.3. The molecule has 3 aromatic rings. The summed E-state index contributed by atoms with van der Waals surface area (Å²) in [7, 11) is 1.66. The van der Waals surface area contributed by atoms with E-state index >= 15 is 0 Å². The number of halogens is 3. The Hall–Kier alpha value is -4.28. The number of methoxy groups -OCH3 is 1. The highest BCUT2D eigenvalue weighted by Crippen LogP contribution is 2.45. The van der Waals surface area contributed by atoms with E-state index in [-0.39, 0.29) is 18.3 Å². The van der Waals surface area contributed by atoms with E-state index in [2.05, 4.69) is 31.8 Å². The number of rotatable bonds is 10. The molecular formula is C32H33F3N2O6. The van der Waals surface area contributed by atoms with Crippen molar-refractivity contribution in [2.45, 2.75) is 44.2 Å². The average Bonchev–Trinajstić information content (AvgIpc) is 3.87. The number of hydrogen-bond donors (Lipinski definition) is 0. The summed E-state index contributed by atoms with van der Waals surface area (Å²) < 4.78 is 48.7. The number of nitrogens with zero attached hydrogens (tertiary/aromatic N) is 2. The summed E-state index contributed by atoms with van der Waals surface area (Å²) in [6, 6.07) is 17.5. The molecule has 43 heavy (non-hydrogen) atoms. The van der Waals surface area contributed by atoms with Gasteiger partial charge in [-0.1, -0.05) is 18.2 Å². The van der Waals surface area contributed by atoms with Gasteiger partial charge in [-0.15, -0.1) is 0 Å². The van der Waals surface area contributed by atoms with Gasteiger partial charge in [-0.25, -0.2) is 19.4 Å². The highest BCUT2D eigenvalue weighted by molar-refractivity contribution is 5.79. The number of ether oxygens (including phenoxy) is 2. The average molecular weight is 599 g/mol. The zero-order valence-corrected chi connectivity index (χ0v) is 23.7. The van der Waals surface area contributed by atoms with Crippen LogP contribution in [0.25, 0.3) is 11.1 Å². The van der Waals surface area contributed by atoms with Crippen molar-refractivity contribution >= 4 is 17.6 Å². The van der Waals surface area contributed by atoms with Crippen LogP contribution < -0.4 is 14.4 Å². The smallest absolute Gasteiger partial charge is 0.495 e. The Morgan fingerprint density at radius 2 is 1.77 bits per heavy atom. The lowest BCUT2D eigenvalue weighted by Gasteiger charge is -2.35. The molecule has 0 bridgehead atoms. The summed E-state index contributed by atoms with van der Waals surface area (Å²) in [6.45, 7) is 2.26. The Morgan fingerprint density at radius 1 is 0.977 bits per heavy atom. The van der Waals surface area contributed by atoms with Gasteiger partial charge in [0.2, 0.25) is 0 Å². The quantitative estimate of drug-likeness (QED) is 0.193. The summed E-state index contributed by atoms with van der Waals surface area (Å²) in [6.07, 6.45) is 1.83. The van der Waals surface area contributed by atoms with Gasteiger partial charge in [0.25, 0.3) is 0 Å². The Bertz CT molecular complexity index is 1410. The van der Waals surface area contributed by atoms with Gasteiger partial charge in [0.15, 0.2) is 0 Å². The van der Waals surface area contributed by atoms with Crippen LogP contribution in [0.4, 0.5) is 18.9 Å². The normalized spacial score (nSPS) is 16.3. The summed E-state index contributed by atoms with van der Waals surface area (Å²) in [4.78, 5) is 37.5. The van der Waals surface area contributed by atoms with Crippen LogP contribution in [0.15, 0.2) is 67.0 Å². The molecule has 1 aliphatic heterocycles. The summed E-state index contributed by atoms with van der Waals surface area (Å²) in [5, 5.41) is 0. The van der Waals surface area contributed by atoms with E-state index in [9.17, 15) is 22.8 Å². The minimum absolute atomic E-state index is 0.193. The van der Waals surface area contributed by atoms with E-state index in [0.29, 0.717) is 18.3 Å². The second-order valence-electron chi connectivity index (χ2n) is 10.9. The first-order valence-corrected chi connectivity index (χ1v) is 14.3. The maximum absolute atomic E-state index is 12.3. The molecule has 11 heteroatoms. The zero-order valence-electron chi connectivity index (χ0n) is 23.7. The van der Waals surface area contributed by atoms with Gasteiger partial charge >= 0.3 is 18.1 Å². The van der Waals surface area contributed by atoms with Crippen molar-refractivity contribution in [1.29, 1.82) is 0 Å². The standard InChI is InChI=1S/C32H33F3N2O6/c1-40-25-9-10-27(24-5-3-13-36-19-24)29(17-25)37-14-11-21(12-15-37)20-41-26-6-2-4-23(16-26)28(22-7-8-22)18-30(38)42-43-31(39)32(33,34)35/h2-6,9-10,13,16-17,19,21-22,28H,7-8,11-12,14-15,18,20H2,1H3/t28-/m0/s1. The second-order valence-corrected chi connectivity index (χ2v) is 10.9. The van der Waals surface area contributed by atoms with Crippen LogP contribution in [0, 0.1) is 11.8 Å². The molecule has 0 spiro atoms. The van der Waals surface area contributed by atoms with Crippen LogP contribution >= 0.6 is 0 Å². The molecule has 2 aliphatic rings. The predicted molar refractivity (Wildman–Crippen MR) is 151 cm³/mol. The number of aromatic nitrogens is 1. The molecule has 0 radical (unpaired) electrons. The molecule has 2 aromatic carbocycles. The number of pyridine rings is 1. The van der Waals surface area contributed by atoms with Crippen molar-refractivity contribution in [2.75, 3.05) is 31.7 Å². The molecule has 5 rings (SSSR count). The first kappa shape index (κ1) is 30.2. The van der Waals surface area contributed by atoms with Gasteiger partial charge in [0, 0.05) is 48.4 Å². The lowest BCUT2D eigenvalue weighted by molar-refractivity contribution is -0.286. The van der Waals surface area contributed by atoms with Gasteiger partial charge in [-0.05, 0) is 79.3 Å². The highest BCUT2D eigenvalue weighted by atomic mass is 19.4. The molecule has 0 N–H and O–H groups in total. The monoisotopic (exact) mass is 598 g/mol. The summed E-state index contributed by atoms with van der Waals surface area (Å²) >= 11 is 0. The molecule has 2 fully saturated rings. The third-order valence-corrected chi connectivity index (χ3v) is 7.92. The van der Waals surface area contributed by atoms with Crippen molar-refractivity contribution in [2.24, 2.45) is 11.8 Å². The maximum atomic E-state index is 12.3. The van der Waals surface area contributed by atoms with Gasteiger partial charge in [-0.2, -0.15) is 13.2 Å². The molecule has 0 amide bonds. The van der Waals surface area contributed by atoms with Gasteiger partial charge in [-0.3, -0.25) is 4.98 Å². The number of carbonyl (C=O) groups is 2. The largest absolute Gasteiger partial charge is 0.497 e. The molecule has 1 saturated heterocycles. The Balaban J connectivity index is 1.16. The zero-order chi connectivity index (χ0) is 30.4. The minimum Gasteiger partial charge on any atom is -0.497 e. The lowest BCUT2D eigenvalue weighted by atomic mass is 9.91. The third kappa shape index (κ3) is 7.97. The van der Waals surface area contributed by atoms with Crippen LogP contribution in [-0.4, -0.2) is 49.9 Å². The number of alkyl halides is 3. The van der Waals surface area contributed by atoms with Gasteiger partial charge in [0.05, 0.1) is 20.1 Å². The fourth-order valence-electron chi connectivity index (χ4n) is 5.46. The molecule has 1 aliphatic carbocycles. The van der Waals surface area contributed by atoms with Gasteiger partial charge in [0.1, 0.15) is 11.5 Å². The Kier molecular flexibility index (Phi) is 9.37. The van der Waals surface area contributed by atoms with E-state index < -0.39 is 18.1 Å². The Labute approximate surface area is 247 Å². The SMILES string of the molecule is COc1ccc(-c2cccnc2)c(N2CCC(COc3cccc([C@@H](CC(=O)OOC(=O)C(F)(F)F)C4CC4)c3)CC2)c1. The van der Waals surface area contributed by atoms with E-state index in [1.165, 1.54) is 0 Å². The number of piperidine rings is 1. The van der Waals surface area contributed by atoms with E-state index in [1.807, 2.05) is 48.7 Å². The molecule has 1 aromatic heterocycles. The fraction of sp³-hybridized carbons (Fsp3) is 0.406. The van der Waals surface area contributed by atoms with Crippen molar-refractivity contribution in [3.05, 3.63) is 72.6 Å². The number of benzene rings is 2. The molecule has 0 unspecified atom stereocenters. The Morgan fingerprint density at radius 3 is 2.44 bits per heavy atom. The first-order chi connectivity index (χ1) is 20.7. The molecule has 2 heterocycles. The van der Waals surface area contributed by atoms with Crippen LogP contribution in [0.2, 0.25) is 0 Å². The third-order valence-electron chi connectivity index (χ3n) is 7.92. The van der Waals surface area contributed by atoms with Crippen LogP contribution in [0.5, 0.6) is 11.5 Å². The minimum atomic E-state index is -5.24. The molecule has 228 valence electrons. The highest BCUT2D eigenvalue weighted by Gasteiger charge is 2.43. The van der Waals surface area contributed by atoms with Gasteiger partial charge < -0.3 is 14.4 Å². The fourth-order valence-corrected chi connectivity index (χ4v) is 5.46. The van der Waals surface area contributed by atoms with Crippen molar-refractivity contribution < 1.29 is 42.0 Å². The number of hydrogen-bond acceptors (Lipinski definition) is 8. The summed E-state index contributed by atoms with van der Waals surface area (Å²) in [5.41, 5.74) is 4.09. The summed E-state index contributed by atoms with van der Waals surface area (Å²) in [5.74, 6) is -1.87. The number of carbonyl (C=O) groups excluding carboxylic acids is 2. The number of anilines is 1. The van der Waals surface area contributed by atoms with Crippen LogP contribution in [0.3, 0.4) is 0 Å². The predicted octanol–water partition coefficient (Wildman–Crippen LogP) is 6.50. The molecular weight excluding hydrogens is 565 g/mol. The van der Waals surface area contributed by atoms with Crippen molar-refractivity contribution in [3.8, 4) is 22.6 Å². The van der Waals surface area contributed by atoms with E-state index in [1.54, 1.807) is 13.3 Å². The topological polar surface area (TPSA) is 87.2 Å². The molecule has 1 atom stereocenters. The molecule has 1 saturated carbocycles. The maximum Gasteiger partial charge on any atom is 0.495 e. The lowest BCUT2D eigenvalue weighted by Crippen LogP contribution is -2.35. The van der Waals surface area contributed by atoms with E-state index in [0.717, 1.165) is 66.9 Å². The van der Waals surface area contributed by atoms with Crippen molar-refractivity contribution in [3.63, 3.8) is 0 Å². The van der Waals surface area contributed by atoms with E-state index in [4.69, 9.17) is 9.47 Å². The van der Waals surface area contributed by atoms with Crippen LogP contribution in [0.1, 0.15) is 43.6 Å². The molecule has 8 nitrogen and oxygen atoms in total.